The van der Waals surface area contributed by atoms with Crippen LogP contribution in [0.25, 0.3) is 0 Å². The Morgan fingerprint density at radius 3 is 2.58 bits per heavy atom. The third-order valence-corrected chi connectivity index (χ3v) is 3.03. The standard InChI is InChI=1S/C17H21NO/c1-13-7-6-9-16(11-13)18-12-15(3)19-17-10-5-4-8-14(17)2/h4-11,15,18H,12H2,1-3H3. The highest BCUT2D eigenvalue weighted by molar-refractivity contribution is 5.45. The van der Waals surface area contributed by atoms with Crippen molar-refractivity contribution < 1.29 is 4.74 Å². The summed E-state index contributed by atoms with van der Waals surface area (Å²) < 4.78 is 5.93. The predicted molar refractivity (Wildman–Crippen MR) is 80.9 cm³/mol. The summed E-state index contributed by atoms with van der Waals surface area (Å²) in [4.78, 5) is 0. The van der Waals surface area contributed by atoms with Crippen molar-refractivity contribution in [2.24, 2.45) is 0 Å². The summed E-state index contributed by atoms with van der Waals surface area (Å²) in [6.07, 6.45) is 0.126. The van der Waals surface area contributed by atoms with E-state index in [1.807, 2.05) is 18.2 Å². The van der Waals surface area contributed by atoms with Crippen molar-refractivity contribution in [1.29, 1.82) is 0 Å². The molecule has 0 spiro atoms. The Kier molecular flexibility index (Phi) is 4.45. The van der Waals surface area contributed by atoms with Crippen molar-refractivity contribution in [3.05, 3.63) is 59.7 Å². The van der Waals surface area contributed by atoms with Gasteiger partial charge in [-0.2, -0.15) is 0 Å². The van der Waals surface area contributed by atoms with Crippen LogP contribution in [0, 0.1) is 13.8 Å². The molecule has 1 unspecified atom stereocenters. The maximum atomic E-state index is 5.93. The molecule has 0 aliphatic carbocycles. The molecule has 2 aromatic carbocycles. The van der Waals surface area contributed by atoms with Gasteiger partial charge in [-0.3, -0.25) is 0 Å². The molecule has 0 aliphatic rings. The minimum absolute atomic E-state index is 0.126. The molecule has 0 heterocycles. The molecule has 2 rings (SSSR count). The van der Waals surface area contributed by atoms with Gasteiger partial charge < -0.3 is 10.1 Å². The van der Waals surface area contributed by atoms with Crippen molar-refractivity contribution in [2.45, 2.75) is 26.9 Å². The molecular weight excluding hydrogens is 234 g/mol. The first kappa shape index (κ1) is 13.5. The summed E-state index contributed by atoms with van der Waals surface area (Å²) in [7, 11) is 0. The molecule has 1 atom stereocenters. The van der Waals surface area contributed by atoms with Crippen LogP contribution >= 0.6 is 0 Å². The average Bonchev–Trinajstić information content (AvgIpc) is 2.39. The van der Waals surface area contributed by atoms with Crippen molar-refractivity contribution in [1.82, 2.24) is 0 Å². The number of benzene rings is 2. The van der Waals surface area contributed by atoms with Gasteiger partial charge in [0.05, 0.1) is 6.54 Å². The van der Waals surface area contributed by atoms with Gasteiger partial charge in [0.2, 0.25) is 0 Å². The second kappa shape index (κ2) is 6.28. The average molecular weight is 255 g/mol. The molecule has 0 aliphatic heterocycles. The van der Waals surface area contributed by atoms with Gasteiger partial charge >= 0.3 is 0 Å². The Morgan fingerprint density at radius 1 is 1.05 bits per heavy atom. The number of hydrogen-bond donors (Lipinski definition) is 1. The van der Waals surface area contributed by atoms with Gasteiger partial charge in [0.1, 0.15) is 11.9 Å². The number of ether oxygens (including phenoxy) is 1. The molecule has 0 amide bonds. The Hall–Kier alpha value is -1.96. The molecule has 2 aromatic rings. The van der Waals surface area contributed by atoms with Gasteiger partial charge in [0.15, 0.2) is 0 Å². The van der Waals surface area contributed by atoms with E-state index < -0.39 is 0 Å². The summed E-state index contributed by atoms with van der Waals surface area (Å²) in [5, 5.41) is 3.40. The van der Waals surface area contributed by atoms with Gasteiger partial charge in [-0.25, -0.2) is 0 Å². The second-order valence-corrected chi connectivity index (χ2v) is 4.94. The molecule has 0 fully saturated rings. The molecule has 2 heteroatoms. The Balaban J connectivity index is 1.88. The van der Waals surface area contributed by atoms with Crippen LogP contribution in [0.4, 0.5) is 5.69 Å². The highest BCUT2D eigenvalue weighted by Gasteiger charge is 2.05. The Bertz CT molecular complexity index is 536. The van der Waals surface area contributed by atoms with E-state index in [1.165, 1.54) is 11.1 Å². The number of para-hydroxylation sites is 1. The van der Waals surface area contributed by atoms with Gasteiger partial charge in [0, 0.05) is 5.69 Å². The van der Waals surface area contributed by atoms with E-state index in [9.17, 15) is 0 Å². The number of nitrogens with one attached hydrogen (secondary N) is 1. The fourth-order valence-corrected chi connectivity index (χ4v) is 1.96. The number of aryl methyl sites for hydroxylation is 2. The van der Waals surface area contributed by atoms with E-state index in [0.29, 0.717) is 0 Å². The summed E-state index contributed by atoms with van der Waals surface area (Å²) in [6.45, 7) is 7.03. The maximum Gasteiger partial charge on any atom is 0.122 e. The molecule has 0 saturated carbocycles. The van der Waals surface area contributed by atoms with Gasteiger partial charge in [-0.15, -0.1) is 0 Å². The van der Waals surface area contributed by atoms with Crippen LogP contribution in [0.3, 0.4) is 0 Å². The van der Waals surface area contributed by atoms with Crippen molar-refractivity contribution in [2.75, 3.05) is 11.9 Å². The molecule has 0 radical (unpaired) electrons. The minimum atomic E-state index is 0.126. The van der Waals surface area contributed by atoms with Gasteiger partial charge in [-0.1, -0.05) is 30.3 Å². The first-order chi connectivity index (χ1) is 9.15. The lowest BCUT2D eigenvalue weighted by Crippen LogP contribution is -2.23. The van der Waals surface area contributed by atoms with E-state index in [2.05, 4.69) is 56.4 Å². The Morgan fingerprint density at radius 2 is 1.84 bits per heavy atom. The van der Waals surface area contributed by atoms with Crippen molar-refractivity contribution >= 4 is 5.69 Å². The summed E-state index contributed by atoms with van der Waals surface area (Å²) in [5.41, 5.74) is 3.57. The highest BCUT2D eigenvalue weighted by Crippen LogP contribution is 2.18. The Labute approximate surface area is 115 Å². The normalized spacial score (nSPS) is 11.9. The smallest absolute Gasteiger partial charge is 0.122 e. The zero-order valence-electron chi connectivity index (χ0n) is 11.8. The van der Waals surface area contributed by atoms with Crippen LogP contribution in [0.5, 0.6) is 5.75 Å². The monoisotopic (exact) mass is 255 g/mol. The second-order valence-electron chi connectivity index (χ2n) is 4.94. The van der Waals surface area contributed by atoms with E-state index in [0.717, 1.165) is 18.0 Å². The molecule has 0 bridgehead atoms. The van der Waals surface area contributed by atoms with Crippen molar-refractivity contribution in [3.63, 3.8) is 0 Å². The van der Waals surface area contributed by atoms with Crippen LogP contribution in [0.2, 0.25) is 0 Å². The lowest BCUT2D eigenvalue weighted by Gasteiger charge is -2.17. The molecule has 0 aromatic heterocycles. The van der Waals surface area contributed by atoms with E-state index in [1.54, 1.807) is 0 Å². The van der Waals surface area contributed by atoms with Gasteiger partial charge in [-0.05, 0) is 50.1 Å². The SMILES string of the molecule is Cc1cccc(NCC(C)Oc2ccccc2C)c1. The number of rotatable bonds is 5. The largest absolute Gasteiger partial charge is 0.489 e. The fraction of sp³-hybridized carbons (Fsp3) is 0.294. The molecular formula is C17H21NO. The lowest BCUT2D eigenvalue weighted by molar-refractivity contribution is 0.233. The third kappa shape index (κ3) is 4.02. The van der Waals surface area contributed by atoms with Crippen LogP contribution in [0.1, 0.15) is 18.1 Å². The molecule has 19 heavy (non-hydrogen) atoms. The summed E-state index contributed by atoms with van der Waals surface area (Å²) >= 11 is 0. The maximum absolute atomic E-state index is 5.93. The van der Waals surface area contributed by atoms with Crippen LogP contribution in [0.15, 0.2) is 48.5 Å². The van der Waals surface area contributed by atoms with Gasteiger partial charge in [0.25, 0.3) is 0 Å². The van der Waals surface area contributed by atoms with Crippen LogP contribution < -0.4 is 10.1 Å². The first-order valence-corrected chi connectivity index (χ1v) is 6.68. The zero-order valence-corrected chi connectivity index (χ0v) is 11.8. The molecule has 1 N–H and O–H groups in total. The lowest BCUT2D eigenvalue weighted by atomic mass is 10.2. The van der Waals surface area contributed by atoms with E-state index >= 15 is 0 Å². The van der Waals surface area contributed by atoms with Crippen molar-refractivity contribution in [3.8, 4) is 5.75 Å². The van der Waals surface area contributed by atoms with Crippen LogP contribution in [-0.2, 0) is 0 Å². The third-order valence-electron chi connectivity index (χ3n) is 3.03. The number of hydrogen-bond acceptors (Lipinski definition) is 2. The first-order valence-electron chi connectivity index (χ1n) is 6.68. The van der Waals surface area contributed by atoms with E-state index in [4.69, 9.17) is 4.74 Å². The molecule has 2 nitrogen and oxygen atoms in total. The molecule has 0 saturated heterocycles. The summed E-state index contributed by atoms with van der Waals surface area (Å²) in [6, 6.07) is 16.5. The van der Waals surface area contributed by atoms with E-state index in [-0.39, 0.29) is 6.10 Å². The predicted octanol–water partition coefficient (Wildman–Crippen LogP) is 4.18. The minimum Gasteiger partial charge on any atom is -0.489 e. The summed E-state index contributed by atoms with van der Waals surface area (Å²) in [5.74, 6) is 0.959. The number of anilines is 1. The van der Waals surface area contributed by atoms with Crippen LogP contribution in [-0.4, -0.2) is 12.6 Å². The molecule has 100 valence electrons. The fourth-order valence-electron chi connectivity index (χ4n) is 1.96. The quantitative estimate of drug-likeness (QED) is 0.865. The zero-order chi connectivity index (χ0) is 13.7. The highest BCUT2D eigenvalue weighted by atomic mass is 16.5. The topological polar surface area (TPSA) is 21.3 Å².